The maximum atomic E-state index is 6.56. The molecular weight excluding hydrogens is 884 g/mol. The summed E-state index contributed by atoms with van der Waals surface area (Å²) < 4.78 is 6.56. The van der Waals surface area contributed by atoms with Crippen molar-refractivity contribution in [1.29, 1.82) is 0 Å². The number of nitrogens with zero attached hydrogens (tertiary/aromatic N) is 2. The van der Waals surface area contributed by atoms with Crippen molar-refractivity contribution in [3.8, 4) is 11.1 Å². The quantitative estimate of drug-likeness (QED) is 0.165. The van der Waals surface area contributed by atoms with Crippen LogP contribution in [0, 0.1) is 6.92 Å². The molecule has 73 heavy (non-hydrogen) atoms. The standard InChI is InChI=1S/C69H75BN2O/c1-40-30-47-50(65(7,8)29-28-64(47,5)6)36-55(40)72-54-27-24-41(44-21-19-23-60-61(44)45-20-17-18-22-59(45)73-60)31-52(54)70-53-35-49-51(69(15,16)39-68(49,13)14)37-56(53)71(57-32-42(63(2,3)4)33-58(72)62(57)70)43-25-26-46-48(34-43)67(11,12)38-66(46,9)10/h17-27,30-37H,28-29,38-39H2,1-16H3. The van der Waals surface area contributed by atoms with Gasteiger partial charge in [0.05, 0.1) is 0 Å². The second-order valence-corrected chi connectivity index (χ2v) is 28.4. The summed E-state index contributed by atoms with van der Waals surface area (Å²) in [6, 6.07) is 45.9. The van der Waals surface area contributed by atoms with E-state index < -0.39 is 0 Å². The van der Waals surface area contributed by atoms with E-state index in [-0.39, 0.29) is 44.6 Å². The second-order valence-electron chi connectivity index (χ2n) is 28.4. The lowest BCUT2D eigenvalue weighted by atomic mass is 9.33. The van der Waals surface area contributed by atoms with Crippen LogP contribution < -0.4 is 26.2 Å². The Morgan fingerprint density at radius 1 is 0.466 bits per heavy atom. The lowest BCUT2D eigenvalue weighted by Crippen LogP contribution is -2.61. The van der Waals surface area contributed by atoms with Crippen molar-refractivity contribution >= 4 is 79.2 Å². The van der Waals surface area contributed by atoms with E-state index in [0.717, 1.165) is 29.4 Å². The number of fused-ring (bicyclic) bond motifs is 10. The molecule has 0 unspecified atom stereocenters. The highest BCUT2D eigenvalue weighted by atomic mass is 16.3. The molecule has 0 atom stereocenters. The van der Waals surface area contributed by atoms with Gasteiger partial charge in [0.15, 0.2) is 0 Å². The molecule has 3 aliphatic carbocycles. The van der Waals surface area contributed by atoms with Gasteiger partial charge in [-0.1, -0.05) is 165 Å². The number of benzene rings is 7. The highest BCUT2D eigenvalue weighted by molar-refractivity contribution is 7.00. The van der Waals surface area contributed by atoms with Crippen molar-refractivity contribution in [2.75, 3.05) is 9.80 Å². The highest BCUT2D eigenvalue weighted by Gasteiger charge is 2.50. The summed E-state index contributed by atoms with van der Waals surface area (Å²) in [6.45, 7) is 39.2. The van der Waals surface area contributed by atoms with Crippen LogP contribution >= 0.6 is 0 Å². The fraction of sp³-hybridized carbons (Fsp3) is 0.391. The van der Waals surface area contributed by atoms with Gasteiger partial charge in [0.2, 0.25) is 0 Å². The molecule has 2 aliphatic heterocycles. The number of aryl methyl sites for hydroxylation is 1. The van der Waals surface area contributed by atoms with Crippen LogP contribution in [-0.2, 0) is 37.9 Å². The van der Waals surface area contributed by atoms with Crippen LogP contribution in [0.15, 0.2) is 120 Å². The molecular formula is C69H75BN2O. The van der Waals surface area contributed by atoms with Crippen LogP contribution in [0.5, 0.6) is 0 Å². The first-order valence-electron chi connectivity index (χ1n) is 27.5. The zero-order valence-electron chi connectivity index (χ0n) is 46.7. The number of rotatable bonds is 3. The van der Waals surface area contributed by atoms with Crippen LogP contribution in [0.4, 0.5) is 34.1 Å². The number of para-hydroxylation sites is 1. The van der Waals surface area contributed by atoms with Crippen molar-refractivity contribution in [2.24, 2.45) is 0 Å². The van der Waals surface area contributed by atoms with Crippen molar-refractivity contribution in [3.63, 3.8) is 0 Å². The normalized spacial score (nSPS) is 19.9. The van der Waals surface area contributed by atoms with Crippen LogP contribution in [0.2, 0.25) is 0 Å². The third kappa shape index (κ3) is 6.63. The molecule has 370 valence electrons. The Morgan fingerprint density at radius 3 is 1.71 bits per heavy atom. The maximum Gasteiger partial charge on any atom is 0.252 e. The summed E-state index contributed by atoms with van der Waals surface area (Å²) in [6.07, 6.45) is 4.60. The van der Waals surface area contributed by atoms with E-state index in [1.54, 1.807) is 0 Å². The average Bonchev–Trinajstić information content (AvgIpc) is 3.87. The fourth-order valence-corrected chi connectivity index (χ4v) is 15.7. The molecule has 0 amide bonds. The average molecular weight is 959 g/mol. The number of anilines is 6. The molecule has 0 saturated heterocycles. The topological polar surface area (TPSA) is 19.6 Å². The van der Waals surface area contributed by atoms with Gasteiger partial charge in [0, 0.05) is 44.9 Å². The Balaban J connectivity index is 1.17. The van der Waals surface area contributed by atoms with Crippen molar-refractivity contribution in [2.45, 2.75) is 174 Å². The zero-order valence-corrected chi connectivity index (χ0v) is 46.7. The van der Waals surface area contributed by atoms with Gasteiger partial charge in [-0.25, -0.2) is 0 Å². The van der Waals surface area contributed by atoms with E-state index in [2.05, 4.69) is 236 Å². The molecule has 0 radical (unpaired) electrons. The van der Waals surface area contributed by atoms with Crippen molar-refractivity contribution < 1.29 is 4.42 Å². The van der Waals surface area contributed by atoms with E-state index in [9.17, 15) is 0 Å². The SMILES string of the molecule is Cc1cc2c(cc1N1c3ccc(-c4cccc5oc6ccccc6c45)cc3B3c4cc5c(cc4N(c4ccc6c(c4)C(C)(C)CC6(C)C)c4cc(C(C)(C)C)cc1c43)C(C)(C)CC5(C)C)C(C)(C)CCC2(C)C. The van der Waals surface area contributed by atoms with Gasteiger partial charge in [-0.2, -0.15) is 0 Å². The third-order valence-electron chi connectivity index (χ3n) is 19.1. The lowest BCUT2D eigenvalue weighted by Gasteiger charge is -2.47. The molecule has 3 nitrogen and oxygen atoms in total. The van der Waals surface area contributed by atoms with E-state index in [1.165, 1.54) is 124 Å². The first kappa shape index (κ1) is 46.8. The Morgan fingerprint density at radius 2 is 1.03 bits per heavy atom. The maximum absolute atomic E-state index is 6.56. The van der Waals surface area contributed by atoms with Gasteiger partial charge < -0.3 is 14.2 Å². The van der Waals surface area contributed by atoms with Crippen LogP contribution in [0.25, 0.3) is 33.1 Å². The minimum absolute atomic E-state index is 0.0191. The molecule has 4 heteroatoms. The third-order valence-corrected chi connectivity index (χ3v) is 19.1. The van der Waals surface area contributed by atoms with E-state index >= 15 is 0 Å². The Hall–Kier alpha value is -6.00. The molecule has 3 heterocycles. The van der Waals surface area contributed by atoms with Crippen LogP contribution in [0.3, 0.4) is 0 Å². The van der Waals surface area contributed by atoms with Gasteiger partial charge in [-0.05, 0) is 197 Å². The first-order chi connectivity index (χ1) is 34.2. The Labute approximate surface area is 436 Å². The van der Waals surface area contributed by atoms with Gasteiger partial charge >= 0.3 is 0 Å². The smallest absolute Gasteiger partial charge is 0.252 e. The predicted molar refractivity (Wildman–Crippen MR) is 313 cm³/mol. The predicted octanol–water partition coefficient (Wildman–Crippen LogP) is 17.2. The molecule has 0 bridgehead atoms. The van der Waals surface area contributed by atoms with Gasteiger partial charge in [0.25, 0.3) is 6.71 Å². The fourth-order valence-electron chi connectivity index (χ4n) is 15.7. The Bertz CT molecular complexity index is 3710. The van der Waals surface area contributed by atoms with E-state index in [0.29, 0.717) is 0 Å². The molecule has 0 N–H and O–H groups in total. The van der Waals surface area contributed by atoms with Crippen LogP contribution in [0.1, 0.15) is 174 Å². The molecule has 0 spiro atoms. The summed E-state index contributed by atoms with van der Waals surface area (Å²) in [4.78, 5) is 5.43. The summed E-state index contributed by atoms with van der Waals surface area (Å²) in [5.41, 5.74) is 28.0. The molecule has 5 aliphatic rings. The summed E-state index contributed by atoms with van der Waals surface area (Å²) in [5.74, 6) is 0. The largest absolute Gasteiger partial charge is 0.456 e. The van der Waals surface area contributed by atoms with Crippen molar-refractivity contribution in [1.82, 2.24) is 0 Å². The van der Waals surface area contributed by atoms with Gasteiger partial charge in [0.1, 0.15) is 11.2 Å². The minimum atomic E-state index is -0.125. The van der Waals surface area contributed by atoms with Gasteiger partial charge in [-0.15, -0.1) is 0 Å². The summed E-state index contributed by atoms with van der Waals surface area (Å²) in [5, 5.41) is 2.33. The molecule has 1 aromatic heterocycles. The minimum Gasteiger partial charge on any atom is -0.456 e. The molecule has 13 rings (SSSR count). The molecule has 0 saturated carbocycles. The van der Waals surface area contributed by atoms with E-state index in [4.69, 9.17) is 4.42 Å². The molecule has 8 aromatic rings. The second kappa shape index (κ2) is 14.6. The van der Waals surface area contributed by atoms with Gasteiger partial charge in [-0.3, -0.25) is 0 Å². The van der Waals surface area contributed by atoms with E-state index in [1.807, 2.05) is 0 Å². The molecule has 7 aromatic carbocycles. The highest BCUT2D eigenvalue weighted by Crippen LogP contribution is 2.56. The molecule has 0 fully saturated rings. The number of furan rings is 1. The zero-order chi connectivity index (χ0) is 51.5. The number of hydrogen-bond acceptors (Lipinski definition) is 3. The number of hydrogen-bond donors (Lipinski definition) is 0. The summed E-state index contributed by atoms with van der Waals surface area (Å²) in [7, 11) is 0. The monoisotopic (exact) mass is 959 g/mol. The van der Waals surface area contributed by atoms with Crippen LogP contribution in [-0.4, -0.2) is 6.71 Å². The lowest BCUT2D eigenvalue weighted by molar-refractivity contribution is 0.332. The first-order valence-corrected chi connectivity index (χ1v) is 27.5. The van der Waals surface area contributed by atoms with Crippen molar-refractivity contribution in [3.05, 3.63) is 160 Å². The summed E-state index contributed by atoms with van der Waals surface area (Å²) >= 11 is 0. The Kier molecular flexibility index (Phi) is 9.38.